The number of allylic oxidation sites excluding steroid dienone is 1. The van der Waals surface area contributed by atoms with Crippen molar-refractivity contribution in [1.29, 1.82) is 0 Å². The zero-order chi connectivity index (χ0) is 16.1. The second-order valence-electron chi connectivity index (χ2n) is 5.99. The van der Waals surface area contributed by atoms with Gasteiger partial charge in [0, 0.05) is 17.9 Å². The highest BCUT2D eigenvalue weighted by atomic mass is 14.9. The smallest absolute Gasteiger partial charge is 0.0490 e. The zero-order valence-corrected chi connectivity index (χ0v) is 13.9. The number of benzene rings is 2. The Hall–Kier alpha value is -2.32. The Morgan fingerprint density at radius 1 is 1.00 bits per heavy atom. The molecule has 1 heterocycles. The van der Waals surface area contributed by atoms with Gasteiger partial charge in [-0.25, -0.2) is 0 Å². The van der Waals surface area contributed by atoms with Crippen molar-refractivity contribution in [3.8, 4) is 0 Å². The molecule has 2 nitrogen and oxygen atoms in total. The van der Waals surface area contributed by atoms with Gasteiger partial charge in [-0.2, -0.15) is 0 Å². The fourth-order valence-corrected chi connectivity index (χ4v) is 2.96. The summed E-state index contributed by atoms with van der Waals surface area (Å²) in [5, 5.41) is 7.07. The van der Waals surface area contributed by atoms with Gasteiger partial charge >= 0.3 is 0 Å². The molecule has 1 aliphatic rings. The molecule has 2 aromatic rings. The topological polar surface area (TPSA) is 24.1 Å². The summed E-state index contributed by atoms with van der Waals surface area (Å²) in [6.45, 7) is 6.38. The largest absolute Gasteiger partial charge is 0.355 e. The summed E-state index contributed by atoms with van der Waals surface area (Å²) in [6, 6.07) is 19.0. The van der Waals surface area contributed by atoms with Crippen molar-refractivity contribution in [2.75, 3.05) is 18.4 Å². The predicted octanol–water partition coefficient (Wildman–Crippen LogP) is 4.76. The molecule has 0 aliphatic carbocycles. The quantitative estimate of drug-likeness (QED) is 0.851. The van der Waals surface area contributed by atoms with Crippen LogP contribution in [0.25, 0.3) is 5.70 Å². The van der Waals surface area contributed by atoms with Crippen molar-refractivity contribution in [3.63, 3.8) is 0 Å². The van der Waals surface area contributed by atoms with E-state index in [2.05, 4.69) is 85.2 Å². The fourth-order valence-electron chi connectivity index (χ4n) is 2.96. The lowest BCUT2D eigenvalue weighted by Gasteiger charge is -2.21. The highest BCUT2D eigenvalue weighted by Gasteiger charge is 2.12. The van der Waals surface area contributed by atoms with E-state index in [1.54, 1.807) is 0 Å². The number of nitrogens with one attached hydrogen (secondary N) is 2. The van der Waals surface area contributed by atoms with Gasteiger partial charge < -0.3 is 10.6 Å². The van der Waals surface area contributed by atoms with Gasteiger partial charge in [-0.15, -0.1) is 0 Å². The molecule has 118 valence electrons. The molecule has 23 heavy (non-hydrogen) atoms. The van der Waals surface area contributed by atoms with E-state index in [-0.39, 0.29) is 0 Å². The maximum Gasteiger partial charge on any atom is 0.0490 e. The lowest BCUT2D eigenvalue weighted by Crippen LogP contribution is -2.21. The minimum Gasteiger partial charge on any atom is -0.355 e. The minimum absolute atomic E-state index is 0.957. The molecule has 0 aromatic heterocycles. The number of anilines is 1. The molecular weight excluding hydrogens is 280 g/mol. The van der Waals surface area contributed by atoms with E-state index in [0.29, 0.717) is 0 Å². The Balaban J connectivity index is 2.04. The van der Waals surface area contributed by atoms with Gasteiger partial charge in [0.05, 0.1) is 0 Å². The molecular formula is C21H24N2. The van der Waals surface area contributed by atoms with E-state index in [1.807, 2.05) is 0 Å². The van der Waals surface area contributed by atoms with Gasteiger partial charge in [-0.3, -0.25) is 0 Å². The Labute approximate surface area is 138 Å². The Bertz CT molecular complexity index is 727. The molecule has 0 saturated heterocycles. The first kappa shape index (κ1) is 15.6. The number of hydrogen-bond acceptors (Lipinski definition) is 2. The van der Waals surface area contributed by atoms with Gasteiger partial charge in [0.25, 0.3) is 0 Å². The van der Waals surface area contributed by atoms with Crippen LogP contribution in [0.3, 0.4) is 0 Å². The highest BCUT2D eigenvalue weighted by molar-refractivity contribution is 5.82. The summed E-state index contributed by atoms with van der Waals surface area (Å²) in [5.74, 6) is 0. The lowest BCUT2D eigenvalue weighted by atomic mass is 9.96. The molecule has 0 unspecified atom stereocenters. The van der Waals surface area contributed by atoms with Crippen molar-refractivity contribution in [2.45, 2.75) is 20.3 Å². The van der Waals surface area contributed by atoms with Crippen LogP contribution in [0.1, 0.15) is 24.5 Å². The summed E-state index contributed by atoms with van der Waals surface area (Å²) in [7, 11) is 0. The summed E-state index contributed by atoms with van der Waals surface area (Å²) >= 11 is 0. The minimum atomic E-state index is 0.957. The molecule has 0 spiro atoms. The van der Waals surface area contributed by atoms with Gasteiger partial charge in [-0.1, -0.05) is 54.6 Å². The molecule has 0 amide bonds. The maximum absolute atomic E-state index is 3.68. The van der Waals surface area contributed by atoms with E-state index in [4.69, 9.17) is 0 Å². The average molecular weight is 304 g/mol. The molecule has 2 heteroatoms. The first-order valence-corrected chi connectivity index (χ1v) is 8.25. The summed E-state index contributed by atoms with van der Waals surface area (Å²) in [4.78, 5) is 0. The highest BCUT2D eigenvalue weighted by Crippen LogP contribution is 2.28. The van der Waals surface area contributed by atoms with E-state index in [9.17, 15) is 0 Å². The third-order valence-corrected chi connectivity index (χ3v) is 4.39. The van der Waals surface area contributed by atoms with Crippen molar-refractivity contribution in [1.82, 2.24) is 5.32 Å². The molecule has 1 aliphatic heterocycles. The molecule has 2 N–H and O–H groups in total. The van der Waals surface area contributed by atoms with Gasteiger partial charge in [-0.05, 0) is 55.2 Å². The van der Waals surface area contributed by atoms with Crippen LogP contribution in [0.4, 0.5) is 5.69 Å². The van der Waals surface area contributed by atoms with Crippen LogP contribution < -0.4 is 10.6 Å². The second kappa shape index (κ2) is 7.30. The maximum atomic E-state index is 3.68. The van der Waals surface area contributed by atoms with Crippen LogP contribution in [0.15, 0.2) is 71.8 Å². The lowest BCUT2D eigenvalue weighted by molar-refractivity contribution is 0.707. The monoisotopic (exact) mass is 304 g/mol. The number of hydrogen-bond donors (Lipinski definition) is 2. The van der Waals surface area contributed by atoms with Crippen LogP contribution in [0, 0.1) is 6.92 Å². The van der Waals surface area contributed by atoms with E-state index >= 15 is 0 Å². The molecule has 3 rings (SSSR count). The van der Waals surface area contributed by atoms with Gasteiger partial charge in [0.2, 0.25) is 0 Å². The Morgan fingerprint density at radius 2 is 1.74 bits per heavy atom. The SMILES string of the molecule is C/C(C1=CCNCC1)=C(\Nc1ccccc1C)c1ccccc1. The molecule has 0 fully saturated rings. The third kappa shape index (κ3) is 3.72. The van der Waals surface area contributed by atoms with Crippen LogP contribution >= 0.6 is 0 Å². The average Bonchev–Trinajstić information content (AvgIpc) is 2.62. The summed E-state index contributed by atoms with van der Waals surface area (Å²) in [5.41, 5.74) is 7.62. The first-order chi connectivity index (χ1) is 11.3. The molecule has 2 aromatic carbocycles. The van der Waals surface area contributed by atoms with Crippen LogP contribution in [0.2, 0.25) is 0 Å². The Morgan fingerprint density at radius 3 is 2.43 bits per heavy atom. The summed E-state index contributed by atoms with van der Waals surface area (Å²) < 4.78 is 0. The van der Waals surface area contributed by atoms with Crippen LogP contribution in [-0.2, 0) is 0 Å². The van der Waals surface area contributed by atoms with E-state index < -0.39 is 0 Å². The standard InChI is InChI=1S/C21H24N2/c1-16-8-6-7-11-20(16)23-21(19-9-4-3-5-10-19)17(2)18-12-14-22-15-13-18/h3-12,22-23H,13-15H2,1-2H3/b21-17+. The normalized spacial score (nSPS) is 15.7. The molecule has 0 bridgehead atoms. The Kier molecular flexibility index (Phi) is 4.94. The van der Waals surface area contributed by atoms with Crippen molar-refractivity contribution in [2.24, 2.45) is 0 Å². The number of rotatable bonds is 4. The van der Waals surface area contributed by atoms with E-state index in [0.717, 1.165) is 19.5 Å². The van der Waals surface area contributed by atoms with Crippen molar-refractivity contribution < 1.29 is 0 Å². The first-order valence-electron chi connectivity index (χ1n) is 8.25. The zero-order valence-electron chi connectivity index (χ0n) is 13.9. The van der Waals surface area contributed by atoms with E-state index in [1.165, 1.54) is 33.7 Å². The number of para-hydroxylation sites is 1. The van der Waals surface area contributed by atoms with Crippen LogP contribution in [0.5, 0.6) is 0 Å². The van der Waals surface area contributed by atoms with Crippen molar-refractivity contribution in [3.05, 3.63) is 82.9 Å². The number of aryl methyl sites for hydroxylation is 1. The molecule has 0 radical (unpaired) electrons. The van der Waals surface area contributed by atoms with Gasteiger partial charge in [0.15, 0.2) is 0 Å². The van der Waals surface area contributed by atoms with Crippen LogP contribution in [-0.4, -0.2) is 13.1 Å². The molecule has 0 atom stereocenters. The van der Waals surface area contributed by atoms with Crippen molar-refractivity contribution >= 4 is 11.4 Å². The third-order valence-electron chi connectivity index (χ3n) is 4.39. The fraction of sp³-hybridized carbons (Fsp3) is 0.238. The van der Waals surface area contributed by atoms with Gasteiger partial charge in [0.1, 0.15) is 0 Å². The molecule has 0 saturated carbocycles. The predicted molar refractivity (Wildman–Crippen MR) is 99.4 cm³/mol. The summed E-state index contributed by atoms with van der Waals surface area (Å²) in [6.07, 6.45) is 3.39. The second-order valence-corrected chi connectivity index (χ2v) is 5.99.